The fraction of sp³-hybridized carbons (Fsp3) is 0.348. The quantitative estimate of drug-likeness (QED) is 0.635. The van der Waals surface area contributed by atoms with Gasteiger partial charge in [0.1, 0.15) is 30.6 Å². The van der Waals surface area contributed by atoms with Gasteiger partial charge in [0, 0.05) is 60.8 Å². The van der Waals surface area contributed by atoms with Crippen LogP contribution in [-0.2, 0) is 20.8 Å². The second-order valence-electron chi connectivity index (χ2n) is 7.84. The van der Waals surface area contributed by atoms with E-state index in [1.807, 2.05) is 30.5 Å². The Morgan fingerprint density at radius 3 is 2.55 bits per heavy atom. The number of hydrogen-bond acceptors (Lipinski definition) is 6. The standard InChI is InChI=1S/C23H23N3O5/c27-17-5-8-25(9-6-17)13-23(28)26-11-21-22(12-26)30-15-18(14-29-21)31-20-3-1-2-16-10-24-7-4-19(16)20/h1-10,18,21-22H,11-15H2/t21-,22-/m0/s1. The molecule has 0 spiro atoms. The smallest absolute Gasteiger partial charge is 0.242 e. The van der Waals surface area contributed by atoms with Crippen LogP contribution in [0.25, 0.3) is 10.8 Å². The van der Waals surface area contributed by atoms with Crippen molar-refractivity contribution >= 4 is 16.7 Å². The van der Waals surface area contributed by atoms with Crippen LogP contribution in [0.4, 0.5) is 0 Å². The molecular formula is C23H23N3O5. The van der Waals surface area contributed by atoms with Crippen LogP contribution in [0.1, 0.15) is 0 Å². The molecule has 2 saturated heterocycles. The van der Waals surface area contributed by atoms with Gasteiger partial charge in [-0.3, -0.25) is 14.6 Å². The molecule has 5 rings (SSSR count). The van der Waals surface area contributed by atoms with Gasteiger partial charge in [0.15, 0.2) is 5.43 Å². The molecule has 0 aliphatic carbocycles. The summed E-state index contributed by atoms with van der Waals surface area (Å²) >= 11 is 0. The maximum atomic E-state index is 12.6. The third-order valence-electron chi connectivity index (χ3n) is 5.67. The van der Waals surface area contributed by atoms with Crippen LogP contribution in [0.3, 0.4) is 0 Å². The molecule has 1 aromatic carbocycles. The van der Waals surface area contributed by atoms with E-state index in [0.29, 0.717) is 26.3 Å². The summed E-state index contributed by atoms with van der Waals surface area (Å²) in [7, 11) is 0. The number of rotatable bonds is 4. The molecule has 0 N–H and O–H groups in total. The van der Waals surface area contributed by atoms with E-state index in [-0.39, 0.29) is 36.2 Å². The van der Waals surface area contributed by atoms with Crippen molar-refractivity contribution in [1.29, 1.82) is 0 Å². The van der Waals surface area contributed by atoms with E-state index in [1.165, 1.54) is 12.1 Å². The third-order valence-corrected chi connectivity index (χ3v) is 5.67. The number of carbonyl (C=O) groups is 1. The van der Waals surface area contributed by atoms with E-state index >= 15 is 0 Å². The fourth-order valence-electron chi connectivity index (χ4n) is 4.03. The summed E-state index contributed by atoms with van der Waals surface area (Å²) < 4.78 is 20.0. The van der Waals surface area contributed by atoms with Crippen LogP contribution in [0.2, 0.25) is 0 Å². The van der Waals surface area contributed by atoms with Crippen molar-refractivity contribution in [3.05, 3.63) is 71.4 Å². The van der Waals surface area contributed by atoms with Crippen LogP contribution in [-0.4, -0.2) is 65.0 Å². The second-order valence-corrected chi connectivity index (χ2v) is 7.84. The number of hydrogen-bond donors (Lipinski definition) is 0. The first-order chi connectivity index (χ1) is 15.2. The van der Waals surface area contributed by atoms with E-state index in [1.54, 1.807) is 28.1 Å². The van der Waals surface area contributed by atoms with E-state index in [2.05, 4.69) is 4.98 Å². The van der Waals surface area contributed by atoms with Crippen molar-refractivity contribution in [3.63, 3.8) is 0 Å². The van der Waals surface area contributed by atoms with Crippen LogP contribution in [0, 0.1) is 0 Å². The minimum atomic E-state index is -0.227. The Kier molecular flexibility index (Phi) is 5.40. The lowest BCUT2D eigenvalue weighted by atomic mass is 10.1. The highest BCUT2D eigenvalue weighted by atomic mass is 16.6. The summed E-state index contributed by atoms with van der Waals surface area (Å²) in [6, 6.07) is 10.7. The number of aromatic nitrogens is 2. The summed E-state index contributed by atoms with van der Waals surface area (Å²) in [5.74, 6) is 0.753. The zero-order valence-electron chi connectivity index (χ0n) is 16.9. The van der Waals surface area contributed by atoms with Gasteiger partial charge in [0.05, 0.1) is 13.2 Å². The molecule has 8 nitrogen and oxygen atoms in total. The Morgan fingerprint density at radius 2 is 1.81 bits per heavy atom. The number of benzene rings is 1. The summed E-state index contributed by atoms with van der Waals surface area (Å²) in [4.78, 5) is 29.8. The molecule has 8 heteroatoms. The molecule has 31 heavy (non-hydrogen) atoms. The first-order valence-electron chi connectivity index (χ1n) is 10.3. The Bertz CT molecular complexity index is 1110. The Balaban J connectivity index is 1.19. The van der Waals surface area contributed by atoms with Crippen molar-refractivity contribution in [3.8, 4) is 5.75 Å². The number of likely N-dealkylation sites (tertiary alicyclic amines) is 1. The summed E-state index contributed by atoms with van der Waals surface area (Å²) in [6.45, 7) is 1.93. The average molecular weight is 421 g/mol. The van der Waals surface area contributed by atoms with Crippen LogP contribution >= 0.6 is 0 Å². The molecule has 2 fully saturated rings. The number of ether oxygens (including phenoxy) is 3. The number of carbonyl (C=O) groups excluding carboxylic acids is 1. The molecule has 0 unspecified atom stereocenters. The molecule has 2 atom stereocenters. The van der Waals surface area contributed by atoms with Crippen molar-refractivity contribution in [2.45, 2.75) is 24.9 Å². The third kappa shape index (κ3) is 4.30. The number of fused-ring (bicyclic) bond motifs is 2. The van der Waals surface area contributed by atoms with Gasteiger partial charge in [-0.2, -0.15) is 0 Å². The SMILES string of the molecule is O=C(Cn1ccc(=O)cc1)N1C[C@@H]2OCC(Oc3cccc4cnccc34)CO[C@H]2C1. The number of pyridine rings is 2. The fourth-order valence-corrected chi connectivity index (χ4v) is 4.03. The zero-order valence-corrected chi connectivity index (χ0v) is 16.9. The molecule has 1 amide bonds. The van der Waals surface area contributed by atoms with Crippen molar-refractivity contribution in [2.24, 2.45) is 0 Å². The van der Waals surface area contributed by atoms with Gasteiger partial charge in [-0.25, -0.2) is 0 Å². The van der Waals surface area contributed by atoms with E-state index in [0.717, 1.165) is 16.5 Å². The lowest BCUT2D eigenvalue weighted by Crippen LogP contribution is -2.34. The molecule has 0 saturated carbocycles. The van der Waals surface area contributed by atoms with Crippen LogP contribution < -0.4 is 10.2 Å². The molecule has 2 aliphatic heterocycles. The Morgan fingerprint density at radius 1 is 1.06 bits per heavy atom. The minimum Gasteiger partial charge on any atom is -0.485 e. The van der Waals surface area contributed by atoms with Gasteiger partial charge in [-0.1, -0.05) is 12.1 Å². The van der Waals surface area contributed by atoms with Gasteiger partial charge in [-0.15, -0.1) is 0 Å². The summed E-state index contributed by atoms with van der Waals surface area (Å²) in [6.07, 6.45) is 6.21. The minimum absolute atomic E-state index is 0.0268. The Hall–Kier alpha value is -3.23. The van der Waals surface area contributed by atoms with Crippen molar-refractivity contribution < 1.29 is 19.0 Å². The topological polar surface area (TPSA) is 82.9 Å². The lowest BCUT2D eigenvalue weighted by molar-refractivity contribution is -0.131. The molecule has 160 valence electrons. The van der Waals surface area contributed by atoms with Gasteiger partial charge in [0.25, 0.3) is 0 Å². The molecule has 2 aromatic heterocycles. The van der Waals surface area contributed by atoms with E-state index < -0.39 is 0 Å². The van der Waals surface area contributed by atoms with E-state index in [4.69, 9.17) is 14.2 Å². The summed E-state index contributed by atoms with van der Waals surface area (Å²) in [5, 5.41) is 2.02. The van der Waals surface area contributed by atoms with E-state index in [9.17, 15) is 9.59 Å². The number of amides is 1. The summed E-state index contributed by atoms with van der Waals surface area (Å²) in [5.41, 5.74) is -0.0779. The molecule has 0 bridgehead atoms. The largest absolute Gasteiger partial charge is 0.485 e. The monoisotopic (exact) mass is 421 g/mol. The predicted octanol–water partition coefficient (Wildman–Crippen LogP) is 1.47. The maximum Gasteiger partial charge on any atom is 0.242 e. The van der Waals surface area contributed by atoms with Gasteiger partial charge < -0.3 is 23.7 Å². The van der Waals surface area contributed by atoms with Crippen LogP contribution in [0.5, 0.6) is 5.75 Å². The molecule has 4 heterocycles. The average Bonchev–Trinajstić information content (AvgIpc) is 3.11. The Labute approximate surface area is 179 Å². The highest BCUT2D eigenvalue weighted by molar-refractivity contribution is 5.87. The van der Waals surface area contributed by atoms with Crippen molar-refractivity contribution in [2.75, 3.05) is 26.3 Å². The normalized spacial score (nSPS) is 21.6. The highest BCUT2D eigenvalue weighted by Gasteiger charge is 2.39. The number of nitrogens with zero attached hydrogens (tertiary/aromatic N) is 3. The molecular weight excluding hydrogens is 398 g/mol. The van der Waals surface area contributed by atoms with Gasteiger partial charge in [0.2, 0.25) is 5.91 Å². The molecule has 0 radical (unpaired) electrons. The van der Waals surface area contributed by atoms with Crippen molar-refractivity contribution in [1.82, 2.24) is 14.5 Å². The second kappa shape index (κ2) is 8.49. The predicted molar refractivity (Wildman–Crippen MR) is 113 cm³/mol. The van der Waals surface area contributed by atoms with Gasteiger partial charge in [-0.05, 0) is 12.1 Å². The zero-order chi connectivity index (χ0) is 21.2. The molecule has 2 aliphatic rings. The maximum absolute atomic E-state index is 12.6. The molecule has 3 aromatic rings. The highest BCUT2D eigenvalue weighted by Crippen LogP contribution is 2.27. The first-order valence-corrected chi connectivity index (χ1v) is 10.3. The lowest BCUT2D eigenvalue weighted by Gasteiger charge is -2.20. The first kappa shape index (κ1) is 19.7. The van der Waals surface area contributed by atoms with Gasteiger partial charge >= 0.3 is 0 Å². The van der Waals surface area contributed by atoms with Crippen LogP contribution in [0.15, 0.2) is 66.0 Å².